The van der Waals surface area contributed by atoms with Gasteiger partial charge in [-0.1, -0.05) is 45.8 Å². The molecular formula is C8H12ClP. The monoisotopic (exact) mass is 174 g/mol. The van der Waals surface area contributed by atoms with Crippen LogP contribution in [0.4, 0.5) is 0 Å². The number of hydrogen-bond acceptors (Lipinski definition) is 0. The van der Waals surface area contributed by atoms with Crippen molar-refractivity contribution in [3.05, 3.63) is 30.3 Å². The molecule has 0 saturated heterocycles. The zero-order valence-corrected chi connectivity index (χ0v) is 7.82. The van der Waals surface area contributed by atoms with E-state index in [4.69, 9.17) is 0 Å². The molecule has 0 spiro atoms. The minimum absolute atomic E-state index is 0. The molecule has 2 heteroatoms. The number of rotatable bonds is 2. The summed E-state index contributed by atoms with van der Waals surface area (Å²) in [7, 11) is 0.987. The summed E-state index contributed by atoms with van der Waals surface area (Å²) in [6.07, 6.45) is 1.27. The van der Waals surface area contributed by atoms with Crippen molar-refractivity contribution in [2.24, 2.45) is 0 Å². The van der Waals surface area contributed by atoms with Crippen LogP contribution in [0.15, 0.2) is 30.3 Å². The molecule has 56 valence electrons. The predicted octanol–water partition coefficient (Wildman–Crippen LogP) is 2.43. The van der Waals surface area contributed by atoms with Gasteiger partial charge in [0, 0.05) is 0 Å². The molecule has 0 nitrogen and oxygen atoms in total. The van der Waals surface area contributed by atoms with Gasteiger partial charge in [-0.3, -0.25) is 0 Å². The molecule has 0 bridgehead atoms. The van der Waals surface area contributed by atoms with Crippen molar-refractivity contribution in [1.82, 2.24) is 0 Å². The highest BCUT2D eigenvalue weighted by Gasteiger charge is 1.84. The molecule has 10 heavy (non-hydrogen) atoms. The molecule has 0 heterocycles. The van der Waals surface area contributed by atoms with Crippen LogP contribution in [0.25, 0.3) is 0 Å². The molecule has 0 saturated carbocycles. The summed E-state index contributed by atoms with van der Waals surface area (Å²) in [6.45, 7) is 2.21. The van der Waals surface area contributed by atoms with Crippen molar-refractivity contribution in [1.29, 1.82) is 0 Å². The van der Waals surface area contributed by atoms with Gasteiger partial charge in [0.25, 0.3) is 0 Å². The maximum Gasteiger partial charge on any atom is -0.0272 e. The smallest absolute Gasteiger partial charge is 0.0272 e. The number of benzene rings is 1. The van der Waals surface area contributed by atoms with E-state index in [2.05, 4.69) is 37.3 Å². The Labute approximate surface area is 70.2 Å². The van der Waals surface area contributed by atoms with Gasteiger partial charge in [0.1, 0.15) is 0 Å². The van der Waals surface area contributed by atoms with Gasteiger partial charge in [-0.2, -0.15) is 0 Å². The van der Waals surface area contributed by atoms with Crippen LogP contribution in [0.2, 0.25) is 0 Å². The first-order chi connectivity index (χ1) is 4.43. The maximum atomic E-state index is 2.21. The van der Waals surface area contributed by atoms with Gasteiger partial charge >= 0.3 is 0 Å². The summed E-state index contributed by atoms with van der Waals surface area (Å²) in [5, 5.41) is 1.47. The molecule has 0 aliphatic rings. The Bertz CT molecular complexity index is 162. The van der Waals surface area contributed by atoms with E-state index in [1.165, 1.54) is 11.5 Å². The summed E-state index contributed by atoms with van der Waals surface area (Å²) < 4.78 is 0. The molecule has 1 rings (SSSR count). The van der Waals surface area contributed by atoms with Gasteiger partial charge in [-0.15, -0.1) is 12.4 Å². The van der Waals surface area contributed by atoms with E-state index in [1.807, 2.05) is 0 Å². The lowest BCUT2D eigenvalue weighted by Crippen LogP contribution is -1.90. The fourth-order valence-corrected chi connectivity index (χ4v) is 1.60. The quantitative estimate of drug-likeness (QED) is 0.605. The van der Waals surface area contributed by atoms with Crippen LogP contribution in [-0.4, -0.2) is 6.16 Å². The Balaban J connectivity index is 0.000000810. The van der Waals surface area contributed by atoms with Crippen LogP contribution < -0.4 is 5.30 Å². The van der Waals surface area contributed by atoms with E-state index in [-0.39, 0.29) is 12.4 Å². The van der Waals surface area contributed by atoms with Gasteiger partial charge in [0.05, 0.1) is 0 Å². The standard InChI is InChI=1S/C8H11P.ClH/c1-2-9-8-6-4-3-5-7-8;/h3-7,9H,2H2,1H3;1H. The lowest BCUT2D eigenvalue weighted by atomic mass is 10.4. The summed E-state index contributed by atoms with van der Waals surface area (Å²) in [4.78, 5) is 0. The normalized spacial score (nSPS) is 9.70. The average Bonchev–Trinajstić information content (AvgIpc) is 1.91. The molecule has 0 amide bonds. The van der Waals surface area contributed by atoms with Crippen molar-refractivity contribution >= 4 is 26.3 Å². The van der Waals surface area contributed by atoms with Gasteiger partial charge < -0.3 is 0 Å². The van der Waals surface area contributed by atoms with Crippen LogP contribution in [0.1, 0.15) is 6.92 Å². The second-order valence-corrected chi connectivity index (χ2v) is 3.53. The Morgan fingerprint density at radius 1 is 1.20 bits per heavy atom. The van der Waals surface area contributed by atoms with Crippen LogP contribution in [0, 0.1) is 0 Å². The average molecular weight is 175 g/mol. The van der Waals surface area contributed by atoms with Crippen LogP contribution in [0.5, 0.6) is 0 Å². The van der Waals surface area contributed by atoms with Crippen LogP contribution in [0.3, 0.4) is 0 Å². The molecule has 1 aromatic rings. The number of hydrogen-bond donors (Lipinski definition) is 0. The first-order valence-electron chi connectivity index (χ1n) is 3.22. The van der Waals surface area contributed by atoms with Crippen molar-refractivity contribution in [2.75, 3.05) is 6.16 Å². The molecule has 0 aliphatic carbocycles. The first-order valence-corrected chi connectivity index (χ1v) is 4.43. The predicted molar refractivity (Wildman–Crippen MR) is 52.2 cm³/mol. The third kappa shape index (κ3) is 3.20. The highest BCUT2D eigenvalue weighted by Crippen LogP contribution is 2.06. The lowest BCUT2D eigenvalue weighted by molar-refractivity contribution is 1.52. The summed E-state index contributed by atoms with van der Waals surface area (Å²) in [5.41, 5.74) is 0. The fourth-order valence-electron chi connectivity index (χ4n) is 0.760. The van der Waals surface area contributed by atoms with Gasteiger partial charge in [-0.25, -0.2) is 0 Å². The minimum atomic E-state index is 0. The third-order valence-corrected chi connectivity index (χ3v) is 2.25. The van der Waals surface area contributed by atoms with E-state index < -0.39 is 0 Å². The van der Waals surface area contributed by atoms with Crippen molar-refractivity contribution < 1.29 is 0 Å². The summed E-state index contributed by atoms with van der Waals surface area (Å²) in [6, 6.07) is 10.6. The largest absolute Gasteiger partial charge is 0.147 e. The SMILES string of the molecule is CCPc1ccccc1.Cl. The van der Waals surface area contributed by atoms with Crippen LogP contribution >= 0.6 is 21.0 Å². The molecule has 1 aromatic carbocycles. The molecule has 0 fully saturated rings. The second kappa shape index (κ2) is 5.70. The Morgan fingerprint density at radius 3 is 2.30 bits per heavy atom. The molecule has 1 atom stereocenters. The van der Waals surface area contributed by atoms with E-state index in [0.29, 0.717) is 0 Å². The minimum Gasteiger partial charge on any atom is -0.147 e. The Morgan fingerprint density at radius 2 is 1.80 bits per heavy atom. The Kier molecular flexibility index (Phi) is 5.67. The van der Waals surface area contributed by atoms with Gasteiger partial charge in [0.15, 0.2) is 0 Å². The number of halogens is 1. The highest BCUT2D eigenvalue weighted by atomic mass is 35.5. The van der Waals surface area contributed by atoms with Crippen molar-refractivity contribution in [2.45, 2.75) is 6.92 Å². The first kappa shape index (κ1) is 9.94. The molecule has 0 radical (unpaired) electrons. The molecule has 0 aromatic heterocycles. The topological polar surface area (TPSA) is 0 Å². The fraction of sp³-hybridized carbons (Fsp3) is 0.250. The summed E-state index contributed by atoms with van der Waals surface area (Å²) in [5.74, 6) is 0. The van der Waals surface area contributed by atoms with Crippen molar-refractivity contribution in [3.8, 4) is 0 Å². The molecular weight excluding hydrogens is 163 g/mol. The van der Waals surface area contributed by atoms with Gasteiger partial charge in [-0.05, 0) is 11.5 Å². The molecule has 1 unspecified atom stereocenters. The van der Waals surface area contributed by atoms with Crippen LogP contribution in [-0.2, 0) is 0 Å². The molecule has 0 aliphatic heterocycles. The van der Waals surface area contributed by atoms with E-state index >= 15 is 0 Å². The van der Waals surface area contributed by atoms with E-state index in [1.54, 1.807) is 0 Å². The lowest BCUT2D eigenvalue weighted by Gasteiger charge is -1.94. The summed E-state index contributed by atoms with van der Waals surface area (Å²) >= 11 is 0. The van der Waals surface area contributed by atoms with Crippen molar-refractivity contribution in [3.63, 3.8) is 0 Å². The third-order valence-electron chi connectivity index (χ3n) is 1.15. The maximum absolute atomic E-state index is 2.21. The zero-order chi connectivity index (χ0) is 6.53. The zero-order valence-electron chi connectivity index (χ0n) is 6.00. The molecule has 0 N–H and O–H groups in total. The van der Waals surface area contributed by atoms with Gasteiger partial charge in [0.2, 0.25) is 0 Å². The highest BCUT2D eigenvalue weighted by molar-refractivity contribution is 7.47. The van der Waals surface area contributed by atoms with E-state index in [0.717, 1.165) is 8.58 Å². The van der Waals surface area contributed by atoms with E-state index in [9.17, 15) is 0 Å². The Hall–Kier alpha value is -0.0600. The second-order valence-electron chi connectivity index (χ2n) is 1.90.